The minimum atomic E-state index is -0.871. The first-order valence-corrected chi connectivity index (χ1v) is 7.07. The summed E-state index contributed by atoms with van der Waals surface area (Å²) in [6.45, 7) is 7.27. The third-order valence-electron chi connectivity index (χ3n) is 3.22. The molecule has 0 saturated carbocycles. The van der Waals surface area contributed by atoms with E-state index < -0.39 is 17.8 Å². The highest BCUT2D eigenvalue weighted by molar-refractivity contribution is 6.30. The lowest BCUT2D eigenvalue weighted by Crippen LogP contribution is -2.39. The fourth-order valence-corrected chi connectivity index (χ4v) is 2.19. The number of likely N-dealkylation sites (N-methyl/N-ethyl adjacent to an activating group) is 1. The van der Waals surface area contributed by atoms with Gasteiger partial charge in [-0.2, -0.15) is 0 Å². The maximum atomic E-state index is 13.8. The van der Waals surface area contributed by atoms with Gasteiger partial charge in [-0.3, -0.25) is 4.79 Å². The number of benzene rings is 1. The number of nitrogens with one attached hydrogen (secondary N) is 1. The fraction of sp³-hybridized carbons (Fsp3) is 0.500. The van der Waals surface area contributed by atoms with Crippen molar-refractivity contribution < 1.29 is 9.18 Å². The van der Waals surface area contributed by atoms with E-state index in [0.717, 1.165) is 19.6 Å². The van der Waals surface area contributed by atoms with Gasteiger partial charge in [0.25, 0.3) is 0 Å². The Kier molecular flexibility index (Phi) is 6.91. The summed E-state index contributed by atoms with van der Waals surface area (Å²) in [5.74, 6) is -1.11. The van der Waals surface area contributed by atoms with Crippen LogP contribution in [0.15, 0.2) is 18.2 Å². The lowest BCUT2D eigenvalue weighted by Gasteiger charge is -2.21. The molecule has 1 rings (SSSR count). The third-order valence-corrected chi connectivity index (χ3v) is 3.46. The molecule has 6 heteroatoms. The van der Waals surface area contributed by atoms with E-state index in [4.69, 9.17) is 17.3 Å². The smallest absolute Gasteiger partial charge is 0.239 e. The SMILES string of the molecule is CCN(CC)CCNC(C(N)=O)c1cc(Cl)ccc1F. The van der Waals surface area contributed by atoms with E-state index in [2.05, 4.69) is 24.1 Å². The van der Waals surface area contributed by atoms with Gasteiger partial charge in [0.1, 0.15) is 11.9 Å². The summed E-state index contributed by atoms with van der Waals surface area (Å²) in [5.41, 5.74) is 5.53. The first kappa shape index (κ1) is 16.9. The number of carbonyl (C=O) groups excluding carboxylic acids is 1. The largest absolute Gasteiger partial charge is 0.368 e. The maximum Gasteiger partial charge on any atom is 0.239 e. The second-order valence-corrected chi connectivity index (χ2v) is 4.92. The summed E-state index contributed by atoms with van der Waals surface area (Å²) in [7, 11) is 0. The van der Waals surface area contributed by atoms with Gasteiger partial charge in [-0.1, -0.05) is 25.4 Å². The number of rotatable bonds is 8. The summed E-state index contributed by atoms with van der Waals surface area (Å²) in [6.07, 6.45) is 0. The number of nitrogens with two attached hydrogens (primary N) is 1. The molecular weight excluding hydrogens is 281 g/mol. The van der Waals surface area contributed by atoms with E-state index in [1.54, 1.807) is 0 Å². The lowest BCUT2D eigenvalue weighted by molar-refractivity contribution is -0.120. The topological polar surface area (TPSA) is 58.4 Å². The molecule has 0 aromatic heterocycles. The van der Waals surface area contributed by atoms with Gasteiger partial charge in [0.2, 0.25) is 5.91 Å². The second-order valence-electron chi connectivity index (χ2n) is 4.48. The quantitative estimate of drug-likeness (QED) is 0.771. The molecule has 0 aliphatic rings. The number of primary amides is 1. The highest BCUT2D eigenvalue weighted by Crippen LogP contribution is 2.21. The van der Waals surface area contributed by atoms with Crippen LogP contribution < -0.4 is 11.1 Å². The minimum absolute atomic E-state index is 0.185. The van der Waals surface area contributed by atoms with Crippen LogP contribution in [0.3, 0.4) is 0 Å². The molecule has 0 spiro atoms. The summed E-state index contributed by atoms with van der Waals surface area (Å²) in [5, 5.41) is 3.36. The highest BCUT2D eigenvalue weighted by atomic mass is 35.5. The zero-order valence-corrected chi connectivity index (χ0v) is 12.6. The first-order chi connectivity index (χ1) is 9.49. The Hall–Kier alpha value is -1.17. The molecule has 1 aromatic rings. The Morgan fingerprint density at radius 3 is 2.65 bits per heavy atom. The summed E-state index contributed by atoms with van der Waals surface area (Å²) >= 11 is 5.84. The average molecular weight is 302 g/mol. The van der Waals surface area contributed by atoms with E-state index in [1.807, 2.05) is 0 Å². The first-order valence-electron chi connectivity index (χ1n) is 6.69. The number of halogens is 2. The van der Waals surface area contributed by atoms with Crippen LogP contribution in [0.5, 0.6) is 0 Å². The number of hydrogen-bond acceptors (Lipinski definition) is 3. The van der Waals surface area contributed by atoms with Crippen molar-refractivity contribution in [2.45, 2.75) is 19.9 Å². The van der Waals surface area contributed by atoms with Crippen LogP contribution in [-0.2, 0) is 4.79 Å². The van der Waals surface area contributed by atoms with Crippen molar-refractivity contribution in [3.05, 3.63) is 34.6 Å². The molecule has 1 amide bonds. The maximum absolute atomic E-state index is 13.8. The Morgan fingerprint density at radius 2 is 2.10 bits per heavy atom. The number of carbonyl (C=O) groups is 1. The minimum Gasteiger partial charge on any atom is -0.368 e. The predicted molar refractivity (Wildman–Crippen MR) is 79.1 cm³/mol. The summed E-state index contributed by atoms with van der Waals surface area (Å²) in [4.78, 5) is 13.7. The molecule has 4 nitrogen and oxygen atoms in total. The van der Waals surface area contributed by atoms with E-state index >= 15 is 0 Å². The monoisotopic (exact) mass is 301 g/mol. The standard InChI is InChI=1S/C14H21ClFN3O/c1-3-19(4-2)8-7-18-13(14(17)20)11-9-10(15)5-6-12(11)16/h5-6,9,13,18H,3-4,7-8H2,1-2H3,(H2,17,20). The van der Waals surface area contributed by atoms with Crippen molar-refractivity contribution in [1.82, 2.24) is 10.2 Å². The molecule has 1 aromatic carbocycles. The van der Waals surface area contributed by atoms with Crippen LogP contribution in [0.4, 0.5) is 4.39 Å². The van der Waals surface area contributed by atoms with Crippen LogP contribution in [0.2, 0.25) is 5.02 Å². The Labute approximate surface area is 124 Å². The predicted octanol–water partition coefficient (Wildman–Crippen LogP) is 1.94. The van der Waals surface area contributed by atoms with Gasteiger partial charge in [-0.15, -0.1) is 0 Å². The molecule has 0 bridgehead atoms. The normalized spacial score (nSPS) is 12.7. The zero-order valence-electron chi connectivity index (χ0n) is 11.8. The van der Waals surface area contributed by atoms with Crippen molar-refractivity contribution >= 4 is 17.5 Å². The van der Waals surface area contributed by atoms with Gasteiger partial charge in [-0.25, -0.2) is 4.39 Å². The molecule has 0 aliphatic heterocycles. The van der Waals surface area contributed by atoms with Crippen LogP contribution in [0.25, 0.3) is 0 Å². The van der Waals surface area contributed by atoms with Crippen LogP contribution >= 0.6 is 11.6 Å². The molecule has 20 heavy (non-hydrogen) atoms. The van der Waals surface area contributed by atoms with Crippen LogP contribution in [0, 0.1) is 5.82 Å². The van der Waals surface area contributed by atoms with E-state index in [9.17, 15) is 9.18 Å². The third kappa shape index (κ3) is 4.74. The van der Waals surface area contributed by atoms with E-state index in [0.29, 0.717) is 11.6 Å². The van der Waals surface area contributed by atoms with Gasteiger partial charge in [0.15, 0.2) is 0 Å². The molecule has 0 radical (unpaired) electrons. The molecular formula is C14H21ClFN3O. The van der Waals surface area contributed by atoms with Gasteiger partial charge in [0.05, 0.1) is 0 Å². The van der Waals surface area contributed by atoms with Crippen molar-refractivity contribution in [3.63, 3.8) is 0 Å². The molecule has 0 saturated heterocycles. The van der Waals surface area contributed by atoms with Gasteiger partial charge in [0, 0.05) is 23.7 Å². The Morgan fingerprint density at radius 1 is 1.45 bits per heavy atom. The zero-order chi connectivity index (χ0) is 15.1. The molecule has 1 unspecified atom stereocenters. The van der Waals surface area contributed by atoms with E-state index in [-0.39, 0.29) is 5.56 Å². The molecule has 1 atom stereocenters. The van der Waals surface area contributed by atoms with Gasteiger partial charge >= 0.3 is 0 Å². The van der Waals surface area contributed by atoms with Crippen LogP contribution in [-0.4, -0.2) is 37.0 Å². The van der Waals surface area contributed by atoms with Crippen molar-refractivity contribution in [3.8, 4) is 0 Å². The Bertz CT molecular complexity index is 452. The average Bonchev–Trinajstić information content (AvgIpc) is 2.42. The molecule has 0 aliphatic carbocycles. The number of amides is 1. The van der Waals surface area contributed by atoms with Crippen molar-refractivity contribution in [2.24, 2.45) is 5.73 Å². The molecule has 112 valence electrons. The molecule has 3 N–H and O–H groups in total. The molecule has 0 fully saturated rings. The van der Waals surface area contributed by atoms with Crippen molar-refractivity contribution in [1.29, 1.82) is 0 Å². The van der Waals surface area contributed by atoms with Gasteiger partial charge in [-0.05, 0) is 31.3 Å². The number of hydrogen-bond donors (Lipinski definition) is 2. The Balaban J connectivity index is 2.75. The van der Waals surface area contributed by atoms with Crippen molar-refractivity contribution in [2.75, 3.05) is 26.2 Å². The van der Waals surface area contributed by atoms with Gasteiger partial charge < -0.3 is 16.0 Å². The summed E-state index contributed by atoms with van der Waals surface area (Å²) < 4.78 is 13.8. The number of nitrogens with zero attached hydrogens (tertiary/aromatic N) is 1. The highest BCUT2D eigenvalue weighted by Gasteiger charge is 2.21. The lowest BCUT2D eigenvalue weighted by atomic mass is 10.1. The van der Waals surface area contributed by atoms with Crippen LogP contribution in [0.1, 0.15) is 25.5 Å². The fourth-order valence-electron chi connectivity index (χ4n) is 2.01. The summed E-state index contributed by atoms with van der Waals surface area (Å²) in [6, 6.07) is 3.23. The van der Waals surface area contributed by atoms with E-state index in [1.165, 1.54) is 18.2 Å². The molecule has 0 heterocycles. The second kappa shape index (κ2) is 8.19.